The number of ether oxygens (including phenoxy) is 2. The van der Waals surface area contributed by atoms with E-state index in [0.29, 0.717) is 23.7 Å². The van der Waals surface area contributed by atoms with Crippen LogP contribution in [0.2, 0.25) is 0 Å². The summed E-state index contributed by atoms with van der Waals surface area (Å²) in [6.45, 7) is 13.9. The van der Waals surface area contributed by atoms with Crippen molar-refractivity contribution >= 4 is 11.9 Å². The molecule has 0 aromatic carbocycles. The Balaban J connectivity index is 1.26. The highest BCUT2D eigenvalue weighted by molar-refractivity contribution is 5.74. The minimum atomic E-state index is -0.390. The molecular weight excluding hydrogens is 450 g/mol. The number of fused-ring (bicyclic) bond motifs is 7. The van der Waals surface area contributed by atoms with Crippen molar-refractivity contribution in [1.29, 1.82) is 0 Å². The molecule has 11 atom stereocenters. The first kappa shape index (κ1) is 24.9. The Labute approximate surface area is 217 Å². The second-order valence-electron chi connectivity index (χ2n) is 14.1. The predicted octanol–water partition coefficient (Wildman–Crippen LogP) is 6.12. The summed E-state index contributed by atoms with van der Waals surface area (Å²) >= 11 is 0. The van der Waals surface area contributed by atoms with E-state index in [2.05, 4.69) is 38.7 Å². The average molecular weight is 498 g/mol. The number of hydrogen-bond acceptors (Lipinski definition) is 4. The molecule has 0 radical (unpaired) electrons. The van der Waals surface area contributed by atoms with Crippen molar-refractivity contribution < 1.29 is 19.1 Å². The number of carbonyl (C=O) groups excluding carboxylic acids is 2. The van der Waals surface area contributed by atoms with Crippen molar-refractivity contribution in [2.24, 2.45) is 46.3 Å². The second kappa shape index (κ2) is 8.32. The molecule has 200 valence electrons. The number of amides is 1. The molecule has 0 N–H and O–H groups in total. The quantitative estimate of drug-likeness (QED) is 0.324. The van der Waals surface area contributed by atoms with Gasteiger partial charge in [0.05, 0.1) is 6.10 Å². The van der Waals surface area contributed by atoms with E-state index in [1.54, 1.807) is 12.5 Å². The van der Waals surface area contributed by atoms with Crippen LogP contribution in [0, 0.1) is 46.3 Å². The third-order valence-electron chi connectivity index (χ3n) is 12.4. The molecule has 11 unspecified atom stereocenters. The van der Waals surface area contributed by atoms with Crippen molar-refractivity contribution in [2.75, 3.05) is 6.54 Å². The van der Waals surface area contributed by atoms with Crippen LogP contribution in [0.5, 0.6) is 0 Å². The lowest BCUT2D eigenvalue weighted by Gasteiger charge is -2.59. The lowest BCUT2D eigenvalue weighted by Crippen LogP contribution is -2.60. The van der Waals surface area contributed by atoms with Crippen LogP contribution in [0.25, 0.3) is 0 Å². The Morgan fingerprint density at radius 3 is 2.56 bits per heavy atom. The highest BCUT2D eigenvalue weighted by atomic mass is 16.5. The van der Waals surface area contributed by atoms with Crippen LogP contribution in [-0.2, 0) is 19.1 Å². The van der Waals surface area contributed by atoms with Crippen molar-refractivity contribution in [3.8, 4) is 0 Å². The van der Waals surface area contributed by atoms with Crippen molar-refractivity contribution in [2.45, 2.75) is 117 Å². The van der Waals surface area contributed by atoms with Gasteiger partial charge in [0, 0.05) is 32.7 Å². The predicted molar refractivity (Wildman–Crippen MR) is 139 cm³/mol. The van der Waals surface area contributed by atoms with Gasteiger partial charge < -0.3 is 14.4 Å². The fourth-order valence-corrected chi connectivity index (χ4v) is 10.8. The Morgan fingerprint density at radius 1 is 1.06 bits per heavy atom. The van der Waals surface area contributed by atoms with E-state index in [4.69, 9.17) is 9.47 Å². The topological polar surface area (TPSA) is 55.8 Å². The molecular formula is C31H47NO4. The summed E-state index contributed by atoms with van der Waals surface area (Å²) in [5.41, 5.74) is 1.70. The van der Waals surface area contributed by atoms with E-state index < -0.39 is 0 Å². The molecule has 5 heteroatoms. The first-order valence-corrected chi connectivity index (χ1v) is 14.8. The summed E-state index contributed by atoms with van der Waals surface area (Å²) in [7, 11) is 0. The maximum Gasteiger partial charge on any atom is 0.302 e. The molecule has 0 bridgehead atoms. The lowest BCUT2D eigenvalue weighted by molar-refractivity contribution is -0.200. The van der Waals surface area contributed by atoms with Gasteiger partial charge in [0.25, 0.3) is 0 Å². The minimum Gasteiger partial charge on any atom is -0.462 e. The Bertz CT molecular complexity index is 976. The molecule has 5 fully saturated rings. The van der Waals surface area contributed by atoms with E-state index in [0.717, 1.165) is 56.9 Å². The van der Waals surface area contributed by atoms with Gasteiger partial charge in [0.15, 0.2) is 0 Å². The van der Waals surface area contributed by atoms with Crippen molar-refractivity contribution in [1.82, 2.24) is 4.90 Å². The summed E-state index contributed by atoms with van der Waals surface area (Å²) in [4.78, 5) is 26.5. The number of carbonyl (C=O) groups is 2. The van der Waals surface area contributed by atoms with Crippen molar-refractivity contribution in [3.05, 3.63) is 11.6 Å². The zero-order valence-corrected chi connectivity index (χ0v) is 23.3. The minimum absolute atomic E-state index is 0.0611. The van der Waals surface area contributed by atoms with Crippen LogP contribution in [-0.4, -0.2) is 41.3 Å². The van der Waals surface area contributed by atoms with Gasteiger partial charge in [-0.25, -0.2) is 0 Å². The molecule has 6 aliphatic rings. The summed E-state index contributed by atoms with van der Waals surface area (Å²) < 4.78 is 12.7. The monoisotopic (exact) mass is 497 g/mol. The number of likely N-dealkylation sites (tertiary alicyclic amines) is 1. The highest BCUT2D eigenvalue weighted by Crippen LogP contribution is 2.70. The first-order valence-electron chi connectivity index (χ1n) is 14.8. The van der Waals surface area contributed by atoms with E-state index in [9.17, 15) is 9.59 Å². The molecule has 0 aromatic heterocycles. The Hall–Kier alpha value is -1.36. The highest BCUT2D eigenvalue weighted by Gasteiger charge is 2.69. The fraction of sp³-hybridized carbons (Fsp3) is 0.871. The van der Waals surface area contributed by atoms with E-state index in [-0.39, 0.29) is 40.6 Å². The number of piperidine rings is 1. The molecule has 2 aliphatic heterocycles. The van der Waals surface area contributed by atoms with E-state index in [1.165, 1.54) is 26.2 Å². The smallest absolute Gasteiger partial charge is 0.302 e. The largest absolute Gasteiger partial charge is 0.462 e. The molecule has 6 rings (SSSR count). The van der Waals surface area contributed by atoms with Gasteiger partial charge in [-0.2, -0.15) is 0 Å². The average Bonchev–Trinajstić information content (AvgIpc) is 3.26. The fourth-order valence-electron chi connectivity index (χ4n) is 10.8. The number of rotatable bonds is 1. The van der Waals surface area contributed by atoms with Crippen LogP contribution in [0.1, 0.15) is 99.3 Å². The van der Waals surface area contributed by atoms with Gasteiger partial charge in [-0.3, -0.25) is 9.59 Å². The lowest BCUT2D eigenvalue weighted by atomic mass is 9.46. The van der Waals surface area contributed by atoms with E-state index in [1.807, 2.05) is 0 Å². The zero-order chi connectivity index (χ0) is 25.6. The van der Waals surface area contributed by atoms with Crippen LogP contribution >= 0.6 is 0 Å². The number of allylic oxidation sites excluding steroid dienone is 1. The molecule has 0 aromatic rings. The summed E-state index contributed by atoms with van der Waals surface area (Å²) in [5.74, 6) is 3.64. The summed E-state index contributed by atoms with van der Waals surface area (Å²) in [6.07, 6.45) is 13.0. The standard InChI is InChI=1S/C31H47NO4/c1-18-9-14-31(32(17-18)20(3)33)19(2)28-27(36-31)16-26-24-8-7-22-15-23(35-21(4)34)10-12-29(22,5)25(24)11-13-30(26,28)6/h7,18-19,23-28H,8-17H2,1-6H3. The van der Waals surface area contributed by atoms with Crippen LogP contribution < -0.4 is 0 Å². The SMILES string of the molecule is CC(=O)OC1CCC2(C)C(=CCC3C2CCC2(C)C3CC3OC4(CCC(C)CN4C(C)=O)C(C)C32)C1. The Kier molecular flexibility index (Phi) is 5.76. The molecule has 36 heavy (non-hydrogen) atoms. The molecule has 4 aliphatic carbocycles. The maximum atomic E-state index is 12.8. The number of nitrogens with zero attached hydrogens (tertiary/aromatic N) is 1. The zero-order valence-electron chi connectivity index (χ0n) is 23.3. The van der Waals surface area contributed by atoms with Crippen LogP contribution in [0.4, 0.5) is 0 Å². The van der Waals surface area contributed by atoms with Gasteiger partial charge in [0.2, 0.25) is 5.91 Å². The molecule has 5 nitrogen and oxygen atoms in total. The van der Waals surface area contributed by atoms with Gasteiger partial charge in [-0.15, -0.1) is 0 Å². The van der Waals surface area contributed by atoms with Gasteiger partial charge in [-0.1, -0.05) is 39.3 Å². The molecule has 3 saturated carbocycles. The maximum absolute atomic E-state index is 12.8. The molecule has 1 amide bonds. The number of esters is 1. The first-order chi connectivity index (χ1) is 17.0. The van der Waals surface area contributed by atoms with E-state index >= 15 is 0 Å². The second-order valence-corrected chi connectivity index (χ2v) is 14.1. The summed E-state index contributed by atoms with van der Waals surface area (Å²) in [6, 6.07) is 0. The van der Waals surface area contributed by atoms with Gasteiger partial charge >= 0.3 is 5.97 Å². The normalized spacial score (nSPS) is 51.6. The number of hydrogen-bond donors (Lipinski definition) is 0. The third kappa shape index (κ3) is 3.36. The van der Waals surface area contributed by atoms with Gasteiger partial charge in [0.1, 0.15) is 11.8 Å². The van der Waals surface area contributed by atoms with Crippen molar-refractivity contribution in [3.63, 3.8) is 0 Å². The molecule has 2 saturated heterocycles. The molecule has 2 heterocycles. The molecule has 1 spiro atoms. The third-order valence-corrected chi connectivity index (χ3v) is 12.4. The van der Waals surface area contributed by atoms with Crippen LogP contribution in [0.3, 0.4) is 0 Å². The van der Waals surface area contributed by atoms with Gasteiger partial charge in [-0.05, 0) is 91.8 Å². The Morgan fingerprint density at radius 2 is 1.83 bits per heavy atom. The van der Waals surface area contributed by atoms with Crippen LogP contribution in [0.15, 0.2) is 11.6 Å². The summed E-state index contributed by atoms with van der Waals surface area (Å²) in [5, 5.41) is 0.